The van der Waals surface area contributed by atoms with Gasteiger partial charge in [-0.1, -0.05) is 11.3 Å². The van der Waals surface area contributed by atoms with E-state index in [2.05, 4.69) is 22.2 Å². The summed E-state index contributed by atoms with van der Waals surface area (Å²) < 4.78 is 0.885. The van der Waals surface area contributed by atoms with Crippen molar-refractivity contribution in [3.63, 3.8) is 0 Å². The first-order valence-corrected chi connectivity index (χ1v) is 9.16. The van der Waals surface area contributed by atoms with Gasteiger partial charge in [0.05, 0.1) is 10.2 Å². The van der Waals surface area contributed by atoms with Gasteiger partial charge in [-0.15, -0.1) is 11.6 Å². The van der Waals surface area contributed by atoms with E-state index in [9.17, 15) is 9.59 Å². The molecule has 0 spiro atoms. The highest BCUT2D eigenvalue weighted by molar-refractivity contribution is 7.22. The number of alkyl halides is 1. The van der Waals surface area contributed by atoms with Crippen molar-refractivity contribution in [1.82, 2.24) is 14.8 Å². The summed E-state index contributed by atoms with van der Waals surface area (Å²) in [5.41, 5.74) is 1.44. The Hall–Kier alpha value is -1.70. The third-order valence-corrected chi connectivity index (χ3v) is 5.12. The first-order chi connectivity index (χ1) is 11.6. The van der Waals surface area contributed by atoms with Crippen LogP contribution < -0.4 is 5.32 Å². The van der Waals surface area contributed by atoms with Crippen LogP contribution in [0.5, 0.6) is 0 Å². The van der Waals surface area contributed by atoms with Crippen molar-refractivity contribution in [2.24, 2.45) is 0 Å². The van der Waals surface area contributed by atoms with E-state index in [1.807, 2.05) is 17.0 Å². The number of fused-ring (bicyclic) bond motifs is 1. The highest BCUT2D eigenvalue weighted by Crippen LogP contribution is 2.27. The molecular weight excluding hydrogens is 348 g/mol. The molecule has 0 unspecified atom stereocenters. The lowest BCUT2D eigenvalue weighted by atomic mass is 10.1. The van der Waals surface area contributed by atoms with Crippen LogP contribution in [0.2, 0.25) is 0 Å². The van der Waals surface area contributed by atoms with Crippen LogP contribution >= 0.6 is 22.9 Å². The summed E-state index contributed by atoms with van der Waals surface area (Å²) in [7, 11) is 2.06. The van der Waals surface area contributed by atoms with Crippen LogP contribution in [0.25, 0.3) is 10.2 Å². The van der Waals surface area contributed by atoms with Crippen molar-refractivity contribution < 1.29 is 9.59 Å². The van der Waals surface area contributed by atoms with Gasteiger partial charge in [0.1, 0.15) is 0 Å². The van der Waals surface area contributed by atoms with Crippen LogP contribution in [0.1, 0.15) is 16.8 Å². The summed E-state index contributed by atoms with van der Waals surface area (Å²) in [5, 5.41) is 3.26. The molecule has 0 aliphatic carbocycles. The van der Waals surface area contributed by atoms with Gasteiger partial charge < -0.3 is 15.1 Å². The van der Waals surface area contributed by atoms with Crippen molar-refractivity contribution in [2.45, 2.75) is 6.42 Å². The Kier molecular flexibility index (Phi) is 5.33. The zero-order chi connectivity index (χ0) is 17.1. The maximum Gasteiger partial charge on any atom is 0.253 e. The molecule has 1 aromatic carbocycles. The standard InChI is InChI=1S/C16H19ClN4O2S/c1-20-6-8-21(9-7-20)15(23)11-2-3-12-13(10-11)24-16(18-12)19-14(22)4-5-17/h2-3,10H,4-9H2,1H3,(H,18,19,22). The van der Waals surface area contributed by atoms with E-state index < -0.39 is 0 Å². The number of anilines is 1. The number of amides is 2. The first-order valence-electron chi connectivity index (χ1n) is 7.81. The van der Waals surface area contributed by atoms with Crippen LogP contribution in [0.4, 0.5) is 5.13 Å². The van der Waals surface area contributed by atoms with Crippen LogP contribution in [0.3, 0.4) is 0 Å². The van der Waals surface area contributed by atoms with Crippen LogP contribution in [0.15, 0.2) is 18.2 Å². The predicted molar refractivity (Wildman–Crippen MR) is 97.0 cm³/mol. The minimum atomic E-state index is -0.155. The summed E-state index contributed by atoms with van der Waals surface area (Å²) in [6, 6.07) is 5.48. The lowest BCUT2D eigenvalue weighted by Crippen LogP contribution is -2.47. The third kappa shape index (κ3) is 3.85. The van der Waals surface area contributed by atoms with E-state index in [1.54, 1.807) is 6.07 Å². The smallest absolute Gasteiger partial charge is 0.253 e. The third-order valence-electron chi connectivity index (χ3n) is 3.99. The molecule has 0 saturated carbocycles. The van der Waals surface area contributed by atoms with Crippen LogP contribution in [-0.4, -0.2) is 65.7 Å². The predicted octanol–water partition coefficient (Wildman–Crippen LogP) is 2.25. The fourth-order valence-corrected chi connectivity index (χ4v) is 3.66. The van der Waals surface area contributed by atoms with E-state index in [0.29, 0.717) is 10.7 Å². The molecule has 3 rings (SSSR count). The maximum absolute atomic E-state index is 12.6. The molecule has 6 nitrogen and oxygen atoms in total. The Morgan fingerprint density at radius 2 is 2.04 bits per heavy atom. The largest absolute Gasteiger partial charge is 0.336 e. The molecule has 1 saturated heterocycles. The molecular formula is C16H19ClN4O2S. The monoisotopic (exact) mass is 366 g/mol. The number of carbonyl (C=O) groups excluding carboxylic acids is 2. The quantitative estimate of drug-likeness (QED) is 0.843. The van der Waals surface area contributed by atoms with E-state index in [-0.39, 0.29) is 24.1 Å². The molecule has 1 fully saturated rings. The number of nitrogens with zero attached hydrogens (tertiary/aromatic N) is 3. The molecule has 0 atom stereocenters. The summed E-state index contributed by atoms with van der Waals surface area (Å²) in [6.45, 7) is 3.28. The molecule has 24 heavy (non-hydrogen) atoms. The summed E-state index contributed by atoms with van der Waals surface area (Å²) in [6.07, 6.45) is 0.255. The van der Waals surface area contributed by atoms with E-state index in [4.69, 9.17) is 11.6 Å². The fraction of sp³-hybridized carbons (Fsp3) is 0.438. The fourth-order valence-electron chi connectivity index (χ4n) is 2.57. The summed E-state index contributed by atoms with van der Waals surface area (Å²) in [4.78, 5) is 32.7. The number of rotatable bonds is 4. The molecule has 1 N–H and O–H groups in total. The number of halogens is 1. The van der Waals surface area contributed by atoms with Gasteiger partial charge in [-0.3, -0.25) is 9.59 Å². The highest BCUT2D eigenvalue weighted by atomic mass is 35.5. The van der Waals surface area contributed by atoms with Crippen molar-refractivity contribution in [3.8, 4) is 0 Å². The summed E-state index contributed by atoms with van der Waals surface area (Å²) >= 11 is 6.92. The SMILES string of the molecule is CN1CCN(C(=O)c2ccc3nc(NC(=O)CCCl)sc3c2)CC1. The van der Waals surface area contributed by atoms with Crippen molar-refractivity contribution in [2.75, 3.05) is 44.4 Å². The zero-order valence-corrected chi connectivity index (χ0v) is 15.0. The topological polar surface area (TPSA) is 65.5 Å². The Morgan fingerprint density at radius 3 is 2.75 bits per heavy atom. The van der Waals surface area contributed by atoms with Gasteiger partial charge in [-0.2, -0.15) is 0 Å². The Balaban J connectivity index is 1.75. The normalized spacial score (nSPS) is 15.7. The number of carbonyl (C=O) groups is 2. The molecule has 128 valence electrons. The number of likely N-dealkylation sites (N-methyl/N-ethyl adjacent to an activating group) is 1. The number of piperazine rings is 1. The first kappa shape index (κ1) is 17.1. The number of benzene rings is 1. The molecule has 2 aromatic rings. The molecule has 0 radical (unpaired) electrons. The number of hydrogen-bond acceptors (Lipinski definition) is 5. The summed E-state index contributed by atoms with van der Waals surface area (Å²) in [5.74, 6) is 0.171. The Labute approximate surface area is 149 Å². The van der Waals surface area contributed by atoms with Gasteiger partial charge >= 0.3 is 0 Å². The van der Waals surface area contributed by atoms with Crippen LogP contribution in [0, 0.1) is 0 Å². The van der Waals surface area contributed by atoms with E-state index in [0.717, 1.165) is 36.4 Å². The number of hydrogen-bond donors (Lipinski definition) is 1. The van der Waals surface area contributed by atoms with Gasteiger partial charge in [0.25, 0.3) is 5.91 Å². The van der Waals surface area contributed by atoms with Gasteiger partial charge in [0.2, 0.25) is 5.91 Å². The molecule has 0 bridgehead atoms. The van der Waals surface area contributed by atoms with Crippen LogP contribution in [-0.2, 0) is 4.79 Å². The molecule has 1 aliphatic heterocycles. The molecule has 2 amide bonds. The minimum Gasteiger partial charge on any atom is -0.336 e. The van der Waals surface area contributed by atoms with Gasteiger partial charge in [0.15, 0.2) is 5.13 Å². The second-order valence-electron chi connectivity index (χ2n) is 5.78. The minimum absolute atomic E-state index is 0.0473. The second kappa shape index (κ2) is 7.46. The zero-order valence-electron chi connectivity index (χ0n) is 13.4. The van der Waals surface area contributed by atoms with Gasteiger partial charge in [-0.05, 0) is 25.2 Å². The Morgan fingerprint density at radius 1 is 1.29 bits per heavy atom. The van der Waals surface area contributed by atoms with Gasteiger partial charge in [-0.25, -0.2) is 4.98 Å². The Bertz CT molecular complexity index is 756. The van der Waals surface area contributed by atoms with Crippen molar-refractivity contribution in [3.05, 3.63) is 23.8 Å². The lowest BCUT2D eigenvalue weighted by Gasteiger charge is -2.32. The second-order valence-corrected chi connectivity index (χ2v) is 7.19. The number of thiazole rings is 1. The highest BCUT2D eigenvalue weighted by Gasteiger charge is 2.21. The molecule has 8 heteroatoms. The van der Waals surface area contributed by atoms with Crippen molar-refractivity contribution >= 4 is 50.1 Å². The van der Waals surface area contributed by atoms with E-state index >= 15 is 0 Å². The number of nitrogens with one attached hydrogen (secondary N) is 1. The van der Waals surface area contributed by atoms with Crippen molar-refractivity contribution in [1.29, 1.82) is 0 Å². The average molecular weight is 367 g/mol. The maximum atomic E-state index is 12.6. The lowest BCUT2D eigenvalue weighted by molar-refractivity contribution is -0.115. The average Bonchev–Trinajstić information content (AvgIpc) is 2.96. The number of aromatic nitrogens is 1. The molecule has 1 aliphatic rings. The van der Waals surface area contributed by atoms with Gasteiger partial charge in [0, 0.05) is 44.0 Å². The van der Waals surface area contributed by atoms with E-state index in [1.165, 1.54) is 11.3 Å². The molecule has 1 aromatic heterocycles. The molecule has 2 heterocycles.